The van der Waals surface area contributed by atoms with Crippen LogP contribution in [0.25, 0.3) is 0 Å². The Kier molecular flexibility index (Phi) is 3.14. The number of fused-ring (bicyclic) bond motifs is 2. The van der Waals surface area contributed by atoms with Gasteiger partial charge in [-0.05, 0) is 59.9 Å². The lowest BCUT2D eigenvalue weighted by molar-refractivity contribution is -0.119. The Morgan fingerprint density at radius 2 is 1.81 bits per heavy atom. The Balaban J connectivity index is 1.54. The zero-order chi connectivity index (χ0) is 14.2. The highest BCUT2D eigenvalue weighted by molar-refractivity contribution is 5.88. The van der Waals surface area contributed by atoms with Gasteiger partial charge in [0, 0.05) is 12.3 Å². The summed E-state index contributed by atoms with van der Waals surface area (Å²) in [4.78, 5) is 12.7. The molecule has 0 aliphatic heterocycles. The molecule has 0 heterocycles. The van der Waals surface area contributed by atoms with Crippen LogP contribution in [0.1, 0.15) is 46.6 Å². The normalized spacial score (nSPS) is 19.3. The Bertz CT molecular complexity index is 699. The van der Waals surface area contributed by atoms with E-state index in [-0.39, 0.29) is 5.92 Å². The molecule has 2 aliphatic carbocycles. The number of carbonyl (C=O) groups excluding carboxylic acids is 1. The number of benzene rings is 2. The van der Waals surface area contributed by atoms with Crippen molar-refractivity contribution >= 4 is 5.78 Å². The number of carbonyl (C=O) groups is 1. The van der Waals surface area contributed by atoms with Gasteiger partial charge < -0.3 is 0 Å². The highest BCUT2D eigenvalue weighted by Gasteiger charge is 2.28. The highest BCUT2D eigenvalue weighted by atomic mass is 16.1. The third kappa shape index (κ3) is 2.31. The van der Waals surface area contributed by atoms with Crippen molar-refractivity contribution < 1.29 is 4.79 Å². The number of hydrogen-bond donors (Lipinski definition) is 0. The van der Waals surface area contributed by atoms with Gasteiger partial charge in [-0.2, -0.15) is 0 Å². The molecule has 0 amide bonds. The molecule has 2 aliphatic rings. The van der Waals surface area contributed by atoms with Gasteiger partial charge in [0.15, 0.2) is 0 Å². The second kappa shape index (κ2) is 5.14. The zero-order valence-corrected chi connectivity index (χ0v) is 12.3. The SMILES string of the molecule is O=C(Cc1ccc2c(c1)CCC2)C1CCc2ccccc21. The molecule has 0 saturated heterocycles. The fraction of sp³-hybridized carbons (Fsp3) is 0.350. The summed E-state index contributed by atoms with van der Waals surface area (Å²) in [6.07, 6.45) is 6.29. The van der Waals surface area contributed by atoms with Gasteiger partial charge in [-0.1, -0.05) is 42.5 Å². The van der Waals surface area contributed by atoms with Gasteiger partial charge in [0.25, 0.3) is 0 Å². The van der Waals surface area contributed by atoms with Crippen LogP contribution in [0.15, 0.2) is 42.5 Å². The van der Waals surface area contributed by atoms with Crippen molar-refractivity contribution in [1.82, 2.24) is 0 Å². The minimum atomic E-state index is 0.120. The standard InChI is InChI=1S/C20H20O/c21-20(19-11-10-16-4-1-2-7-18(16)19)13-14-8-9-15-5-3-6-17(15)12-14/h1-2,4,7-9,12,19H,3,5-6,10-11,13H2. The first-order valence-electron chi connectivity index (χ1n) is 8.02. The highest BCUT2D eigenvalue weighted by Crippen LogP contribution is 2.34. The Morgan fingerprint density at radius 3 is 2.76 bits per heavy atom. The molecule has 0 saturated carbocycles. The summed E-state index contributed by atoms with van der Waals surface area (Å²) < 4.78 is 0. The van der Waals surface area contributed by atoms with Crippen LogP contribution in [0, 0.1) is 0 Å². The number of ketones is 1. The van der Waals surface area contributed by atoms with E-state index in [0.29, 0.717) is 12.2 Å². The maximum Gasteiger partial charge on any atom is 0.144 e. The third-order valence-electron chi connectivity index (χ3n) is 5.06. The van der Waals surface area contributed by atoms with Crippen molar-refractivity contribution in [3.63, 3.8) is 0 Å². The van der Waals surface area contributed by atoms with Gasteiger partial charge in [-0.15, -0.1) is 0 Å². The third-order valence-corrected chi connectivity index (χ3v) is 5.06. The average molecular weight is 276 g/mol. The number of aryl methyl sites for hydroxylation is 3. The van der Waals surface area contributed by atoms with E-state index < -0.39 is 0 Å². The van der Waals surface area contributed by atoms with Crippen LogP contribution >= 0.6 is 0 Å². The number of Topliss-reactive ketones (excluding diaryl/α,β-unsaturated/α-hetero) is 1. The Morgan fingerprint density at radius 1 is 0.952 bits per heavy atom. The van der Waals surface area contributed by atoms with Crippen molar-refractivity contribution in [1.29, 1.82) is 0 Å². The first kappa shape index (κ1) is 12.8. The average Bonchev–Trinajstić information content (AvgIpc) is 3.13. The second-order valence-corrected chi connectivity index (χ2v) is 6.39. The Hall–Kier alpha value is -1.89. The van der Waals surface area contributed by atoms with Crippen molar-refractivity contribution in [2.45, 2.75) is 44.4 Å². The minimum Gasteiger partial charge on any atom is -0.299 e. The molecular formula is C20H20O. The van der Waals surface area contributed by atoms with Crippen LogP contribution in [0.3, 0.4) is 0 Å². The van der Waals surface area contributed by atoms with Gasteiger partial charge in [-0.3, -0.25) is 4.79 Å². The van der Waals surface area contributed by atoms with E-state index in [1.807, 2.05) is 0 Å². The molecule has 2 aromatic rings. The molecule has 1 unspecified atom stereocenters. The second-order valence-electron chi connectivity index (χ2n) is 6.39. The quantitative estimate of drug-likeness (QED) is 0.827. The molecule has 1 nitrogen and oxygen atoms in total. The predicted octanol–water partition coefficient (Wildman–Crippen LogP) is 4.02. The summed E-state index contributed by atoms with van der Waals surface area (Å²) in [6, 6.07) is 15.1. The maximum atomic E-state index is 12.7. The smallest absolute Gasteiger partial charge is 0.144 e. The van der Waals surface area contributed by atoms with Gasteiger partial charge in [0.2, 0.25) is 0 Å². The van der Waals surface area contributed by atoms with E-state index in [1.165, 1.54) is 47.1 Å². The molecule has 1 heteroatoms. The molecular weight excluding hydrogens is 256 g/mol. The van der Waals surface area contributed by atoms with Gasteiger partial charge in [-0.25, -0.2) is 0 Å². The number of hydrogen-bond acceptors (Lipinski definition) is 1. The Labute approximate surface area is 126 Å². The van der Waals surface area contributed by atoms with Crippen molar-refractivity contribution in [2.24, 2.45) is 0 Å². The summed E-state index contributed by atoms with van der Waals surface area (Å²) in [6.45, 7) is 0. The minimum absolute atomic E-state index is 0.120. The van der Waals surface area contributed by atoms with Crippen LogP contribution in [0.5, 0.6) is 0 Å². The fourth-order valence-corrected chi connectivity index (χ4v) is 3.95. The molecule has 0 aromatic heterocycles. The van der Waals surface area contributed by atoms with Crippen molar-refractivity contribution in [3.05, 3.63) is 70.3 Å². The molecule has 4 rings (SSSR count). The van der Waals surface area contributed by atoms with Gasteiger partial charge >= 0.3 is 0 Å². The zero-order valence-electron chi connectivity index (χ0n) is 12.3. The fourth-order valence-electron chi connectivity index (χ4n) is 3.95. The summed E-state index contributed by atoms with van der Waals surface area (Å²) >= 11 is 0. The summed E-state index contributed by atoms with van der Waals surface area (Å²) in [5.74, 6) is 0.507. The molecule has 1 atom stereocenters. The lowest BCUT2D eigenvalue weighted by atomic mass is 9.92. The van der Waals surface area contributed by atoms with E-state index in [2.05, 4.69) is 42.5 Å². The van der Waals surface area contributed by atoms with Crippen molar-refractivity contribution in [3.8, 4) is 0 Å². The summed E-state index contributed by atoms with van der Waals surface area (Å²) in [5.41, 5.74) is 6.78. The largest absolute Gasteiger partial charge is 0.299 e. The van der Waals surface area contributed by atoms with Gasteiger partial charge in [0.05, 0.1) is 0 Å². The first-order chi connectivity index (χ1) is 10.3. The molecule has 2 aromatic carbocycles. The van der Waals surface area contributed by atoms with Crippen LogP contribution in [0.4, 0.5) is 0 Å². The molecule has 0 spiro atoms. The summed E-state index contributed by atoms with van der Waals surface area (Å²) in [7, 11) is 0. The van der Waals surface area contributed by atoms with E-state index >= 15 is 0 Å². The molecule has 0 fully saturated rings. The number of rotatable bonds is 3. The molecule has 0 bridgehead atoms. The molecule has 106 valence electrons. The topological polar surface area (TPSA) is 17.1 Å². The van der Waals surface area contributed by atoms with E-state index in [0.717, 1.165) is 12.8 Å². The van der Waals surface area contributed by atoms with E-state index in [9.17, 15) is 4.79 Å². The lowest BCUT2D eigenvalue weighted by Crippen LogP contribution is -2.12. The van der Waals surface area contributed by atoms with Crippen LogP contribution < -0.4 is 0 Å². The molecule has 0 radical (unpaired) electrons. The van der Waals surface area contributed by atoms with E-state index in [1.54, 1.807) is 0 Å². The summed E-state index contributed by atoms with van der Waals surface area (Å²) in [5, 5.41) is 0. The maximum absolute atomic E-state index is 12.7. The van der Waals surface area contributed by atoms with Crippen LogP contribution in [-0.2, 0) is 30.5 Å². The van der Waals surface area contributed by atoms with Crippen LogP contribution in [-0.4, -0.2) is 5.78 Å². The lowest BCUT2D eigenvalue weighted by Gasteiger charge is -2.11. The predicted molar refractivity (Wildman–Crippen MR) is 84.7 cm³/mol. The van der Waals surface area contributed by atoms with Crippen LogP contribution in [0.2, 0.25) is 0 Å². The van der Waals surface area contributed by atoms with Gasteiger partial charge in [0.1, 0.15) is 5.78 Å². The van der Waals surface area contributed by atoms with E-state index in [4.69, 9.17) is 0 Å². The van der Waals surface area contributed by atoms with Crippen molar-refractivity contribution in [2.75, 3.05) is 0 Å². The molecule has 0 N–H and O–H groups in total. The molecule has 21 heavy (non-hydrogen) atoms. The monoisotopic (exact) mass is 276 g/mol. The first-order valence-corrected chi connectivity index (χ1v) is 8.02.